The minimum Gasteiger partial charge on any atom is -0.352 e. The fourth-order valence-electron chi connectivity index (χ4n) is 2.21. The molecule has 0 aliphatic heterocycles. The number of unbranched alkanes of at least 4 members (excludes halogenated alkanes) is 1. The van der Waals surface area contributed by atoms with Gasteiger partial charge in [-0.05, 0) is 61.5 Å². The third kappa shape index (κ3) is 7.05. The number of carbonyl (C=O) groups is 1. The molecule has 0 aliphatic carbocycles. The highest BCUT2D eigenvalue weighted by molar-refractivity contribution is 7.89. The van der Waals surface area contributed by atoms with Crippen molar-refractivity contribution in [1.29, 1.82) is 0 Å². The molecular formula is C17H24ClN3O3S2. The molecule has 9 heteroatoms. The highest BCUT2D eigenvalue weighted by atomic mass is 35.5. The van der Waals surface area contributed by atoms with E-state index in [9.17, 15) is 13.2 Å². The fourth-order valence-corrected chi connectivity index (χ4v) is 3.95. The van der Waals surface area contributed by atoms with Crippen molar-refractivity contribution >= 4 is 39.7 Å². The Bertz CT molecular complexity index is 763. The average Bonchev–Trinajstić information content (AvgIpc) is 3.12. The SMILES string of the molecule is Cl.NCCCCNC(=O)c1ccc(S(=O)(=O)NCCc2cccs2)cc1. The molecule has 1 aromatic heterocycles. The highest BCUT2D eigenvalue weighted by Crippen LogP contribution is 2.12. The Balaban J connectivity index is 0.00000338. The van der Waals surface area contributed by atoms with Gasteiger partial charge >= 0.3 is 0 Å². The Labute approximate surface area is 164 Å². The number of benzene rings is 1. The van der Waals surface area contributed by atoms with Crippen molar-refractivity contribution in [3.8, 4) is 0 Å². The Morgan fingerprint density at radius 1 is 1.08 bits per heavy atom. The number of sulfonamides is 1. The van der Waals surface area contributed by atoms with E-state index in [-0.39, 0.29) is 23.2 Å². The number of carbonyl (C=O) groups excluding carboxylic acids is 1. The van der Waals surface area contributed by atoms with E-state index >= 15 is 0 Å². The summed E-state index contributed by atoms with van der Waals surface area (Å²) in [4.78, 5) is 13.2. The molecule has 1 aromatic carbocycles. The molecule has 2 rings (SSSR count). The lowest BCUT2D eigenvalue weighted by atomic mass is 10.2. The number of thiophene rings is 1. The second-order valence-electron chi connectivity index (χ2n) is 5.50. The van der Waals surface area contributed by atoms with Gasteiger partial charge in [0.05, 0.1) is 4.90 Å². The minimum absolute atomic E-state index is 0. The molecule has 0 saturated heterocycles. The van der Waals surface area contributed by atoms with Crippen LogP contribution in [0.4, 0.5) is 0 Å². The summed E-state index contributed by atoms with van der Waals surface area (Å²) < 4.78 is 27.1. The average molecular weight is 418 g/mol. The second kappa shape index (κ2) is 11.3. The van der Waals surface area contributed by atoms with E-state index in [1.54, 1.807) is 11.3 Å². The molecule has 144 valence electrons. The summed E-state index contributed by atoms with van der Waals surface area (Å²) in [6.45, 7) is 1.49. The van der Waals surface area contributed by atoms with E-state index in [1.165, 1.54) is 24.3 Å². The smallest absolute Gasteiger partial charge is 0.251 e. The van der Waals surface area contributed by atoms with E-state index < -0.39 is 10.0 Å². The van der Waals surface area contributed by atoms with Crippen molar-refractivity contribution < 1.29 is 13.2 Å². The van der Waals surface area contributed by atoms with E-state index in [2.05, 4.69) is 10.0 Å². The molecule has 0 radical (unpaired) electrons. The van der Waals surface area contributed by atoms with Gasteiger partial charge in [-0.1, -0.05) is 6.07 Å². The Morgan fingerprint density at radius 3 is 2.42 bits per heavy atom. The van der Waals surface area contributed by atoms with Gasteiger partial charge in [-0.3, -0.25) is 4.79 Å². The van der Waals surface area contributed by atoms with Crippen molar-refractivity contribution in [2.45, 2.75) is 24.2 Å². The summed E-state index contributed by atoms with van der Waals surface area (Å²) in [5.41, 5.74) is 5.84. The van der Waals surface area contributed by atoms with Crippen LogP contribution in [-0.2, 0) is 16.4 Å². The van der Waals surface area contributed by atoms with Crippen molar-refractivity contribution in [3.05, 3.63) is 52.2 Å². The zero-order chi connectivity index (χ0) is 18.1. The molecule has 0 aliphatic rings. The monoisotopic (exact) mass is 417 g/mol. The number of hydrogen-bond acceptors (Lipinski definition) is 5. The van der Waals surface area contributed by atoms with Gasteiger partial charge in [-0.15, -0.1) is 23.7 Å². The van der Waals surface area contributed by atoms with Gasteiger partial charge in [0, 0.05) is 23.5 Å². The molecule has 0 unspecified atom stereocenters. The number of rotatable bonds is 10. The largest absolute Gasteiger partial charge is 0.352 e. The molecule has 0 fully saturated rings. The standard InChI is InChI=1S/C17H23N3O3S2.ClH/c18-10-1-2-11-19-17(21)14-5-7-16(8-6-14)25(22,23)20-12-9-15-4-3-13-24-15;/h3-8,13,20H,1-2,9-12,18H2,(H,19,21);1H. The van der Waals surface area contributed by atoms with Gasteiger partial charge < -0.3 is 11.1 Å². The van der Waals surface area contributed by atoms with Crippen LogP contribution in [0.5, 0.6) is 0 Å². The number of nitrogens with one attached hydrogen (secondary N) is 2. The third-order valence-electron chi connectivity index (χ3n) is 3.59. The van der Waals surface area contributed by atoms with Gasteiger partial charge in [0.25, 0.3) is 5.91 Å². The fraction of sp³-hybridized carbons (Fsp3) is 0.353. The predicted octanol–water partition coefficient (Wildman–Crippen LogP) is 2.16. The number of halogens is 1. The van der Waals surface area contributed by atoms with Crippen LogP contribution in [0.2, 0.25) is 0 Å². The summed E-state index contributed by atoms with van der Waals surface area (Å²) in [5.74, 6) is -0.216. The Hall–Kier alpha value is -1.45. The van der Waals surface area contributed by atoms with Crippen molar-refractivity contribution in [1.82, 2.24) is 10.0 Å². The topological polar surface area (TPSA) is 101 Å². The highest BCUT2D eigenvalue weighted by Gasteiger charge is 2.14. The Kier molecular flexibility index (Phi) is 9.82. The maximum absolute atomic E-state index is 12.3. The van der Waals surface area contributed by atoms with Gasteiger partial charge in [0.1, 0.15) is 0 Å². The zero-order valence-corrected chi connectivity index (χ0v) is 16.8. The number of amides is 1. The van der Waals surface area contributed by atoms with Gasteiger partial charge in [-0.2, -0.15) is 0 Å². The van der Waals surface area contributed by atoms with Crippen LogP contribution < -0.4 is 15.8 Å². The lowest BCUT2D eigenvalue weighted by Crippen LogP contribution is -2.26. The van der Waals surface area contributed by atoms with Crippen molar-refractivity contribution in [2.24, 2.45) is 5.73 Å². The number of nitrogens with two attached hydrogens (primary N) is 1. The third-order valence-corrected chi connectivity index (χ3v) is 6.00. The van der Waals surface area contributed by atoms with Crippen LogP contribution >= 0.6 is 23.7 Å². The zero-order valence-electron chi connectivity index (χ0n) is 14.3. The summed E-state index contributed by atoms with van der Waals surface area (Å²) in [7, 11) is -3.57. The molecule has 0 bridgehead atoms. The molecule has 26 heavy (non-hydrogen) atoms. The number of hydrogen-bond donors (Lipinski definition) is 3. The maximum Gasteiger partial charge on any atom is 0.251 e. The first-order valence-electron chi connectivity index (χ1n) is 8.13. The first-order valence-corrected chi connectivity index (χ1v) is 10.5. The normalized spacial score (nSPS) is 11.0. The summed E-state index contributed by atoms with van der Waals surface area (Å²) in [5, 5.41) is 4.75. The summed E-state index contributed by atoms with van der Waals surface area (Å²) in [6.07, 6.45) is 2.33. The molecule has 2 aromatic rings. The molecule has 0 saturated carbocycles. The molecule has 0 atom stereocenters. The van der Waals surface area contributed by atoms with Crippen LogP contribution in [0, 0.1) is 0 Å². The maximum atomic E-state index is 12.3. The predicted molar refractivity (Wildman–Crippen MR) is 108 cm³/mol. The first kappa shape index (κ1) is 22.6. The van der Waals surface area contributed by atoms with Gasteiger partial charge in [0.2, 0.25) is 10.0 Å². The van der Waals surface area contributed by atoms with Crippen LogP contribution in [0.3, 0.4) is 0 Å². The molecule has 1 heterocycles. The van der Waals surface area contributed by atoms with Crippen molar-refractivity contribution in [3.63, 3.8) is 0 Å². The van der Waals surface area contributed by atoms with E-state index in [4.69, 9.17) is 5.73 Å². The van der Waals surface area contributed by atoms with E-state index in [0.29, 0.717) is 31.6 Å². The van der Waals surface area contributed by atoms with Gasteiger partial charge in [-0.25, -0.2) is 13.1 Å². The van der Waals surface area contributed by atoms with Crippen LogP contribution in [0.1, 0.15) is 28.1 Å². The van der Waals surface area contributed by atoms with Crippen molar-refractivity contribution in [2.75, 3.05) is 19.6 Å². The molecular weight excluding hydrogens is 394 g/mol. The van der Waals surface area contributed by atoms with Gasteiger partial charge in [0.15, 0.2) is 0 Å². The second-order valence-corrected chi connectivity index (χ2v) is 8.30. The Morgan fingerprint density at radius 2 is 1.81 bits per heavy atom. The minimum atomic E-state index is -3.57. The van der Waals surface area contributed by atoms with Crippen LogP contribution in [0.15, 0.2) is 46.7 Å². The molecule has 4 N–H and O–H groups in total. The molecule has 0 spiro atoms. The summed E-state index contributed by atoms with van der Waals surface area (Å²) >= 11 is 1.60. The van der Waals surface area contributed by atoms with Crippen LogP contribution in [0.25, 0.3) is 0 Å². The first-order chi connectivity index (χ1) is 12.0. The molecule has 6 nitrogen and oxygen atoms in total. The molecule has 1 amide bonds. The van der Waals surface area contributed by atoms with E-state index in [1.807, 2.05) is 17.5 Å². The van der Waals surface area contributed by atoms with E-state index in [0.717, 1.165) is 17.7 Å². The summed E-state index contributed by atoms with van der Waals surface area (Å²) in [6, 6.07) is 9.84. The quantitative estimate of drug-likeness (QED) is 0.515. The lowest BCUT2D eigenvalue weighted by Gasteiger charge is -2.08. The van der Waals surface area contributed by atoms with Crippen LogP contribution in [-0.4, -0.2) is 34.0 Å². The lowest BCUT2D eigenvalue weighted by molar-refractivity contribution is 0.0953.